The molecular formula is C21H26N4O3S. The number of benzene rings is 1. The molecule has 8 heteroatoms. The van der Waals surface area contributed by atoms with Crippen LogP contribution >= 0.6 is 11.8 Å². The zero-order valence-corrected chi connectivity index (χ0v) is 18.0. The van der Waals surface area contributed by atoms with Gasteiger partial charge in [0.2, 0.25) is 11.8 Å². The smallest absolute Gasteiger partial charge is 0.292 e. The first-order valence-corrected chi connectivity index (χ1v) is 10.7. The lowest BCUT2D eigenvalue weighted by atomic mass is 10.0. The van der Waals surface area contributed by atoms with Gasteiger partial charge in [-0.15, -0.1) is 11.8 Å². The fourth-order valence-corrected chi connectivity index (χ4v) is 4.01. The maximum absolute atomic E-state index is 13.0. The summed E-state index contributed by atoms with van der Waals surface area (Å²) < 4.78 is 1.11. The quantitative estimate of drug-likeness (QED) is 0.785. The van der Waals surface area contributed by atoms with E-state index in [2.05, 4.69) is 24.3 Å². The van der Waals surface area contributed by atoms with Crippen LogP contribution in [-0.4, -0.2) is 33.9 Å². The molecule has 154 valence electrons. The minimum atomic E-state index is -0.422. The summed E-state index contributed by atoms with van der Waals surface area (Å²) in [7, 11) is 0. The molecule has 1 aliphatic rings. The van der Waals surface area contributed by atoms with E-state index in [9.17, 15) is 14.4 Å². The van der Waals surface area contributed by atoms with Gasteiger partial charge >= 0.3 is 0 Å². The van der Waals surface area contributed by atoms with E-state index in [1.165, 1.54) is 22.2 Å². The van der Waals surface area contributed by atoms with Gasteiger partial charge in [0.15, 0.2) is 0 Å². The molecule has 29 heavy (non-hydrogen) atoms. The van der Waals surface area contributed by atoms with Gasteiger partial charge < -0.3 is 10.2 Å². The van der Waals surface area contributed by atoms with Crippen molar-refractivity contribution in [3.63, 3.8) is 0 Å². The number of thioether (sulfide) groups is 1. The lowest BCUT2D eigenvalue weighted by Gasteiger charge is -2.29. The number of rotatable bonds is 6. The van der Waals surface area contributed by atoms with E-state index in [4.69, 9.17) is 0 Å². The summed E-state index contributed by atoms with van der Waals surface area (Å²) >= 11 is 1.31. The highest BCUT2D eigenvalue weighted by atomic mass is 32.2. The monoisotopic (exact) mass is 414 g/mol. The van der Waals surface area contributed by atoms with Crippen LogP contribution in [0.1, 0.15) is 39.2 Å². The van der Waals surface area contributed by atoms with Gasteiger partial charge in [0.05, 0.1) is 16.8 Å². The number of nitrogens with one attached hydrogen (secondary N) is 1. The Balaban J connectivity index is 1.79. The second-order valence-corrected chi connectivity index (χ2v) is 8.85. The van der Waals surface area contributed by atoms with Gasteiger partial charge in [-0.2, -0.15) is 5.10 Å². The Labute approximate surface area is 174 Å². The Morgan fingerprint density at radius 1 is 1.17 bits per heavy atom. The molecule has 0 spiro atoms. The van der Waals surface area contributed by atoms with Crippen molar-refractivity contribution in [3.05, 3.63) is 46.4 Å². The van der Waals surface area contributed by atoms with Crippen molar-refractivity contribution in [1.29, 1.82) is 0 Å². The first-order valence-electron chi connectivity index (χ1n) is 9.69. The average molecular weight is 415 g/mol. The SMILES string of the molecule is CC(C)CN1C(=O)CSc2cnn(CC(=O)Nc3ccc(C(C)C)cc3)c(=O)c21. The number of hydrogen-bond donors (Lipinski definition) is 1. The van der Waals surface area contributed by atoms with Crippen LogP contribution in [0.2, 0.25) is 0 Å². The minimum absolute atomic E-state index is 0.0965. The summed E-state index contributed by atoms with van der Waals surface area (Å²) in [5.41, 5.74) is 1.75. The van der Waals surface area contributed by atoms with Crippen molar-refractivity contribution in [1.82, 2.24) is 9.78 Å². The third kappa shape index (κ3) is 4.87. The predicted molar refractivity (Wildman–Crippen MR) is 116 cm³/mol. The second-order valence-electron chi connectivity index (χ2n) is 7.83. The highest BCUT2D eigenvalue weighted by Crippen LogP contribution is 2.32. The van der Waals surface area contributed by atoms with Crippen LogP contribution in [0.5, 0.6) is 0 Å². The summed E-state index contributed by atoms with van der Waals surface area (Å²) in [6.07, 6.45) is 1.56. The molecule has 0 atom stereocenters. The first kappa shape index (κ1) is 21.1. The Morgan fingerprint density at radius 3 is 2.48 bits per heavy atom. The van der Waals surface area contributed by atoms with Crippen molar-refractivity contribution >= 4 is 35.0 Å². The van der Waals surface area contributed by atoms with E-state index in [0.717, 1.165) is 4.68 Å². The topological polar surface area (TPSA) is 84.3 Å². The molecule has 1 aromatic heterocycles. The zero-order chi connectivity index (χ0) is 21.1. The van der Waals surface area contributed by atoms with Crippen molar-refractivity contribution in [3.8, 4) is 0 Å². The Hall–Kier alpha value is -2.61. The van der Waals surface area contributed by atoms with Crippen molar-refractivity contribution < 1.29 is 9.59 Å². The van der Waals surface area contributed by atoms with Crippen molar-refractivity contribution in [2.24, 2.45) is 5.92 Å². The predicted octanol–water partition coefficient (Wildman–Crippen LogP) is 3.10. The van der Waals surface area contributed by atoms with Crippen LogP contribution < -0.4 is 15.8 Å². The molecule has 7 nitrogen and oxygen atoms in total. The van der Waals surface area contributed by atoms with Crippen molar-refractivity contribution in [2.75, 3.05) is 22.5 Å². The summed E-state index contributed by atoms with van der Waals surface area (Å²) in [6, 6.07) is 7.62. The van der Waals surface area contributed by atoms with Gasteiger partial charge in [-0.05, 0) is 29.5 Å². The summed E-state index contributed by atoms with van der Waals surface area (Å²) in [4.78, 5) is 40.0. The second kappa shape index (κ2) is 8.82. The minimum Gasteiger partial charge on any atom is -0.324 e. The van der Waals surface area contributed by atoms with E-state index < -0.39 is 5.56 Å². The Kier molecular flexibility index (Phi) is 6.42. The maximum atomic E-state index is 13.0. The molecule has 0 saturated heterocycles. The van der Waals surface area contributed by atoms with Gasteiger partial charge in [0.1, 0.15) is 12.2 Å². The number of nitrogens with zero attached hydrogens (tertiary/aromatic N) is 3. The van der Waals surface area contributed by atoms with Crippen LogP contribution in [0, 0.1) is 5.92 Å². The first-order chi connectivity index (χ1) is 13.8. The number of aromatic nitrogens is 2. The molecular weight excluding hydrogens is 388 g/mol. The molecule has 2 aromatic rings. The number of carbonyl (C=O) groups is 2. The molecule has 2 heterocycles. The third-order valence-corrected chi connectivity index (χ3v) is 5.61. The van der Waals surface area contributed by atoms with Gasteiger partial charge in [-0.3, -0.25) is 14.4 Å². The molecule has 1 aromatic carbocycles. The molecule has 0 aliphatic carbocycles. The molecule has 0 radical (unpaired) electrons. The van der Waals surface area contributed by atoms with Crippen LogP contribution in [0.3, 0.4) is 0 Å². The largest absolute Gasteiger partial charge is 0.324 e. The average Bonchev–Trinajstić information content (AvgIpc) is 2.66. The molecule has 2 amide bonds. The van der Waals surface area contributed by atoms with Gasteiger partial charge in [-0.1, -0.05) is 39.8 Å². The summed E-state index contributed by atoms with van der Waals surface area (Å²) in [5, 5.41) is 6.93. The van der Waals surface area contributed by atoms with Gasteiger partial charge in [0.25, 0.3) is 5.56 Å². The standard InChI is InChI=1S/C21H26N4O3S/c1-13(2)10-24-19(27)12-29-17-9-22-25(21(28)20(17)24)11-18(26)23-16-7-5-15(6-8-16)14(3)4/h5-9,13-14H,10-12H2,1-4H3,(H,23,26). The van der Waals surface area contributed by atoms with Crippen LogP contribution in [0.15, 0.2) is 40.2 Å². The summed E-state index contributed by atoms with van der Waals surface area (Å²) in [5.74, 6) is 0.473. The fourth-order valence-electron chi connectivity index (χ4n) is 3.12. The Morgan fingerprint density at radius 2 is 1.86 bits per heavy atom. The molecule has 3 rings (SSSR count). The highest BCUT2D eigenvalue weighted by molar-refractivity contribution is 8.00. The number of hydrogen-bond acceptors (Lipinski definition) is 5. The van der Waals surface area contributed by atoms with Gasteiger partial charge in [-0.25, -0.2) is 4.68 Å². The van der Waals surface area contributed by atoms with E-state index in [1.807, 2.05) is 38.1 Å². The summed E-state index contributed by atoms with van der Waals surface area (Å²) in [6.45, 7) is 8.44. The lowest BCUT2D eigenvalue weighted by Crippen LogP contribution is -2.44. The molecule has 1 aliphatic heterocycles. The number of amides is 2. The van der Waals surface area contributed by atoms with E-state index in [-0.39, 0.29) is 30.0 Å². The van der Waals surface area contributed by atoms with Crippen LogP contribution in [0.25, 0.3) is 0 Å². The fraction of sp³-hybridized carbons (Fsp3) is 0.429. The molecule has 1 N–H and O–H groups in total. The van der Waals surface area contributed by atoms with E-state index in [0.29, 0.717) is 28.7 Å². The molecule has 0 saturated carbocycles. The van der Waals surface area contributed by atoms with Crippen LogP contribution in [-0.2, 0) is 16.1 Å². The van der Waals surface area contributed by atoms with E-state index in [1.54, 1.807) is 6.20 Å². The van der Waals surface area contributed by atoms with Crippen molar-refractivity contribution in [2.45, 2.75) is 45.1 Å². The maximum Gasteiger partial charge on any atom is 0.292 e. The molecule has 0 bridgehead atoms. The zero-order valence-electron chi connectivity index (χ0n) is 17.1. The number of fused-ring (bicyclic) bond motifs is 1. The lowest BCUT2D eigenvalue weighted by molar-refractivity contribution is -0.117. The number of carbonyl (C=O) groups excluding carboxylic acids is 2. The van der Waals surface area contributed by atoms with Crippen LogP contribution in [0.4, 0.5) is 11.4 Å². The number of anilines is 2. The molecule has 0 unspecified atom stereocenters. The Bertz CT molecular complexity index is 967. The van der Waals surface area contributed by atoms with E-state index >= 15 is 0 Å². The third-order valence-electron chi connectivity index (χ3n) is 4.61. The van der Waals surface area contributed by atoms with Gasteiger partial charge in [0, 0.05) is 12.2 Å². The highest BCUT2D eigenvalue weighted by Gasteiger charge is 2.29. The molecule has 0 fully saturated rings. The normalized spacial score (nSPS) is 13.7.